The van der Waals surface area contributed by atoms with Gasteiger partial charge in [-0.1, -0.05) is 19.3 Å². The molecule has 1 aliphatic carbocycles. The Bertz CT molecular complexity index is 588. The molecule has 0 radical (unpaired) electrons. The molecule has 0 bridgehead atoms. The molecule has 0 unspecified atom stereocenters. The number of nitrogens with one attached hydrogen (secondary N) is 1. The number of rotatable bonds is 5. The largest absolute Gasteiger partial charge is 0.312 e. The molecule has 0 aliphatic heterocycles. The van der Waals surface area contributed by atoms with Gasteiger partial charge in [-0.2, -0.15) is 10.2 Å². The van der Waals surface area contributed by atoms with Gasteiger partial charge in [-0.25, -0.2) is 5.43 Å². The number of hydrogen-bond donors (Lipinski definition) is 1. The molecule has 1 fully saturated rings. The molecule has 8 nitrogen and oxygen atoms in total. The Kier molecular flexibility index (Phi) is 5.24. The van der Waals surface area contributed by atoms with Crippen LogP contribution in [-0.2, 0) is 11.3 Å². The molecule has 0 aromatic carbocycles. The van der Waals surface area contributed by atoms with Gasteiger partial charge in [0.25, 0.3) is 5.91 Å². The summed E-state index contributed by atoms with van der Waals surface area (Å²) in [7, 11) is 0. The van der Waals surface area contributed by atoms with Gasteiger partial charge in [0.05, 0.1) is 4.92 Å². The first-order chi connectivity index (χ1) is 10.5. The molecular formula is C14H21N5O3. The molecule has 2 rings (SSSR count). The summed E-state index contributed by atoms with van der Waals surface area (Å²) in [6.07, 6.45) is 7.71. The molecule has 22 heavy (non-hydrogen) atoms. The topological polar surface area (TPSA) is 102 Å². The van der Waals surface area contributed by atoms with Crippen molar-refractivity contribution in [1.29, 1.82) is 0 Å². The van der Waals surface area contributed by atoms with E-state index in [2.05, 4.69) is 15.6 Å². The summed E-state index contributed by atoms with van der Waals surface area (Å²) in [6.45, 7) is 3.06. The van der Waals surface area contributed by atoms with Crippen LogP contribution in [0.2, 0.25) is 0 Å². The fourth-order valence-electron chi connectivity index (χ4n) is 2.77. The van der Waals surface area contributed by atoms with E-state index in [4.69, 9.17) is 0 Å². The van der Waals surface area contributed by atoms with Gasteiger partial charge in [0, 0.05) is 6.21 Å². The van der Waals surface area contributed by atoms with Gasteiger partial charge < -0.3 is 0 Å². The van der Waals surface area contributed by atoms with Gasteiger partial charge in [-0.05, 0) is 32.6 Å². The van der Waals surface area contributed by atoms with E-state index >= 15 is 0 Å². The second kappa shape index (κ2) is 7.15. The van der Waals surface area contributed by atoms with Crippen LogP contribution in [0.25, 0.3) is 0 Å². The molecule has 1 saturated carbocycles. The highest BCUT2D eigenvalue weighted by Gasteiger charge is 2.22. The summed E-state index contributed by atoms with van der Waals surface area (Å²) >= 11 is 0. The maximum atomic E-state index is 11.8. The lowest BCUT2D eigenvalue weighted by Gasteiger charge is -2.16. The Morgan fingerprint density at radius 2 is 2.14 bits per heavy atom. The van der Waals surface area contributed by atoms with Gasteiger partial charge >= 0.3 is 5.69 Å². The first-order valence-corrected chi connectivity index (χ1v) is 7.49. The van der Waals surface area contributed by atoms with E-state index in [1.807, 2.05) is 0 Å². The van der Waals surface area contributed by atoms with Crippen LogP contribution < -0.4 is 5.43 Å². The Morgan fingerprint density at radius 1 is 1.45 bits per heavy atom. The average Bonchev–Trinajstić information content (AvgIpc) is 2.74. The monoisotopic (exact) mass is 307 g/mol. The van der Waals surface area contributed by atoms with Crippen molar-refractivity contribution in [2.45, 2.75) is 52.5 Å². The van der Waals surface area contributed by atoms with Crippen molar-refractivity contribution in [1.82, 2.24) is 15.2 Å². The summed E-state index contributed by atoms with van der Waals surface area (Å²) < 4.78 is 1.33. The predicted molar refractivity (Wildman–Crippen MR) is 81.6 cm³/mol. The lowest BCUT2D eigenvalue weighted by Crippen LogP contribution is -2.25. The predicted octanol–water partition coefficient (Wildman–Crippen LogP) is 2.09. The van der Waals surface area contributed by atoms with E-state index in [0.29, 0.717) is 17.3 Å². The van der Waals surface area contributed by atoms with E-state index < -0.39 is 4.92 Å². The lowest BCUT2D eigenvalue weighted by molar-refractivity contribution is -0.386. The van der Waals surface area contributed by atoms with Crippen molar-refractivity contribution >= 4 is 17.8 Å². The van der Waals surface area contributed by atoms with Crippen LogP contribution in [0.4, 0.5) is 5.69 Å². The minimum atomic E-state index is -0.479. The number of carbonyl (C=O) groups excluding carboxylic acids is 1. The van der Waals surface area contributed by atoms with Crippen molar-refractivity contribution in [2.75, 3.05) is 0 Å². The molecule has 0 saturated heterocycles. The number of aromatic nitrogens is 2. The van der Waals surface area contributed by atoms with Crippen LogP contribution in [0.1, 0.15) is 43.5 Å². The zero-order valence-corrected chi connectivity index (χ0v) is 12.9. The van der Waals surface area contributed by atoms with E-state index in [1.54, 1.807) is 20.1 Å². The number of nitro groups is 1. The third-order valence-electron chi connectivity index (χ3n) is 3.94. The fraction of sp³-hybridized carbons (Fsp3) is 0.643. The molecule has 0 spiro atoms. The van der Waals surface area contributed by atoms with E-state index in [-0.39, 0.29) is 18.1 Å². The zero-order valence-electron chi connectivity index (χ0n) is 12.9. The van der Waals surface area contributed by atoms with Crippen molar-refractivity contribution < 1.29 is 9.72 Å². The smallest absolute Gasteiger partial charge is 0.271 e. The summed E-state index contributed by atoms with van der Waals surface area (Å²) in [6, 6.07) is 0. The fourth-order valence-corrected chi connectivity index (χ4v) is 2.77. The Labute approximate surface area is 128 Å². The second-order valence-corrected chi connectivity index (χ2v) is 5.65. The Hall–Kier alpha value is -2.25. The number of hydrazone groups is 1. The third-order valence-corrected chi connectivity index (χ3v) is 3.94. The second-order valence-electron chi connectivity index (χ2n) is 5.65. The maximum Gasteiger partial charge on any atom is 0.312 e. The van der Waals surface area contributed by atoms with E-state index in [9.17, 15) is 14.9 Å². The molecule has 8 heteroatoms. The van der Waals surface area contributed by atoms with Crippen LogP contribution in [0.3, 0.4) is 0 Å². The quantitative estimate of drug-likeness (QED) is 0.511. The molecule has 1 aromatic rings. The van der Waals surface area contributed by atoms with Crippen molar-refractivity contribution in [3.63, 3.8) is 0 Å². The van der Waals surface area contributed by atoms with Crippen LogP contribution in [-0.4, -0.2) is 26.8 Å². The first kappa shape index (κ1) is 16.1. The highest BCUT2D eigenvalue weighted by Crippen LogP contribution is 2.22. The number of hydrogen-bond acceptors (Lipinski definition) is 5. The normalized spacial score (nSPS) is 16.1. The minimum Gasteiger partial charge on any atom is -0.271 e. The van der Waals surface area contributed by atoms with E-state index in [0.717, 1.165) is 12.8 Å². The molecule has 1 N–H and O–H groups in total. The van der Waals surface area contributed by atoms with Gasteiger partial charge in [-0.3, -0.25) is 19.6 Å². The highest BCUT2D eigenvalue weighted by molar-refractivity contribution is 5.76. The molecule has 120 valence electrons. The highest BCUT2D eigenvalue weighted by atomic mass is 16.6. The zero-order chi connectivity index (χ0) is 16.1. The lowest BCUT2D eigenvalue weighted by atomic mass is 9.90. The standard InChI is InChI=1S/C14H21N5O3/c1-10-14(19(21)22)11(2)18(17-10)9-13(20)16-15-8-12-6-4-3-5-7-12/h8,12H,3-7,9H2,1-2H3,(H,16,20). The molecule has 1 aromatic heterocycles. The Morgan fingerprint density at radius 3 is 2.73 bits per heavy atom. The van der Waals surface area contributed by atoms with Crippen LogP contribution in [0.15, 0.2) is 5.10 Å². The van der Waals surface area contributed by atoms with Crippen LogP contribution in [0, 0.1) is 29.9 Å². The molecule has 0 atom stereocenters. The van der Waals surface area contributed by atoms with Crippen molar-refractivity contribution in [3.8, 4) is 0 Å². The van der Waals surface area contributed by atoms with Gasteiger partial charge in [0.15, 0.2) is 0 Å². The summed E-state index contributed by atoms with van der Waals surface area (Å²) in [5, 5.41) is 18.9. The number of carbonyl (C=O) groups is 1. The number of nitrogens with zero attached hydrogens (tertiary/aromatic N) is 4. The molecule has 1 heterocycles. The Balaban J connectivity index is 1.90. The summed E-state index contributed by atoms with van der Waals surface area (Å²) in [5.74, 6) is 0.0939. The van der Waals surface area contributed by atoms with Gasteiger partial charge in [0.2, 0.25) is 0 Å². The van der Waals surface area contributed by atoms with Crippen LogP contribution in [0.5, 0.6) is 0 Å². The average molecular weight is 307 g/mol. The third kappa shape index (κ3) is 3.90. The van der Waals surface area contributed by atoms with Crippen molar-refractivity contribution in [3.05, 3.63) is 21.5 Å². The van der Waals surface area contributed by atoms with Gasteiger partial charge in [-0.15, -0.1) is 0 Å². The molecule has 1 aliphatic rings. The first-order valence-electron chi connectivity index (χ1n) is 7.49. The number of aryl methyl sites for hydroxylation is 1. The SMILES string of the molecule is Cc1nn(CC(=O)NN=CC2CCCCC2)c(C)c1[N+](=O)[O-]. The maximum absolute atomic E-state index is 11.8. The number of amides is 1. The van der Waals surface area contributed by atoms with Gasteiger partial charge in [0.1, 0.15) is 17.9 Å². The summed E-state index contributed by atoms with van der Waals surface area (Å²) in [4.78, 5) is 22.3. The van der Waals surface area contributed by atoms with E-state index in [1.165, 1.54) is 23.9 Å². The molecular weight excluding hydrogens is 286 g/mol. The minimum absolute atomic E-state index is 0.0430. The van der Waals surface area contributed by atoms with Crippen LogP contribution >= 0.6 is 0 Å². The molecule has 1 amide bonds. The summed E-state index contributed by atoms with van der Waals surface area (Å²) in [5.41, 5.74) is 3.10. The van der Waals surface area contributed by atoms with Crippen molar-refractivity contribution in [2.24, 2.45) is 11.0 Å².